The predicted molar refractivity (Wildman–Crippen MR) is 69.4 cm³/mol. The van der Waals surface area contributed by atoms with Crippen LogP contribution in [0.25, 0.3) is 0 Å². The molecule has 102 valence electrons. The third kappa shape index (κ3) is 3.78. The van der Waals surface area contributed by atoms with Crippen molar-refractivity contribution in [2.24, 2.45) is 0 Å². The van der Waals surface area contributed by atoms with Crippen molar-refractivity contribution >= 4 is 0 Å². The van der Waals surface area contributed by atoms with Crippen LogP contribution in [0.2, 0.25) is 0 Å². The second kappa shape index (κ2) is 7.08. The molecule has 0 heterocycles. The summed E-state index contributed by atoms with van der Waals surface area (Å²) < 4.78 is 15.3. The first kappa shape index (κ1) is 14.6. The van der Waals surface area contributed by atoms with Gasteiger partial charge in [-0.15, -0.1) is 0 Å². The molecular weight excluding hydrogens is 234 g/mol. The van der Waals surface area contributed by atoms with Crippen molar-refractivity contribution in [3.8, 4) is 17.2 Å². The fraction of sp³-hybridized carbons (Fsp3) is 0.538. The molecule has 0 aromatic heterocycles. The van der Waals surface area contributed by atoms with Crippen LogP contribution in [0, 0.1) is 0 Å². The number of methoxy groups -OCH3 is 3. The first-order valence-electron chi connectivity index (χ1n) is 5.79. The highest BCUT2D eigenvalue weighted by molar-refractivity contribution is 5.52. The summed E-state index contributed by atoms with van der Waals surface area (Å²) in [5, 5.41) is 13.0. The molecule has 1 aromatic rings. The zero-order chi connectivity index (χ0) is 13.5. The maximum Gasteiger partial charge on any atom is 0.200 e. The van der Waals surface area contributed by atoms with E-state index < -0.39 is 0 Å². The molecule has 5 nitrogen and oxygen atoms in total. The molecule has 5 heteroatoms. The minimum Gasteiger partial charge on any atom is -0.502 e. The Bertz CT molecular complexity index is 356. The third-order valence-corrected chi connectivity index (χ3v) is 2.70. The van der Waals surface area contributed by atoms with Crippen molar-refractivity contribution in [2.45, 2.75) is 19.6 Å². The van der Waals surface area contributed by atoms with E-state index in [-0.39, 0.29) is 11.9 Å². The average molecular weight is 255 g/mol. The van der Waals surface area contributed by atoms with Gasteiger partial charge in [-0.2, -0.15) is 0 Å². The van der Waals surface area contributed by atoms with E-state index in [2.05, 4.69) is 5.32 Å². The molecule has 2 N–H and O–H groups in total. The van der Waals surface area contributed by atoms with Gasteiger partial charge in [-0.25, -0.2) is 0 Å². The van der Waals surface area contributed by atoms with Gasteiger partial charge in [0.25, 0.3) is 0 Å². The van der Waals surface area contributed by atoms with E-state index in [0.717, 1.165) is 12.1 Å². The minimum atomic E-state index is 0.0222. The molecule has 0 bridgehead atoms. The molecule has 1 atom stereocenters. The summed E-state index contributed by atoms with van der Waals surface area (Å²) in [6, 6.07) is 3.56. The zero-order valence-electron chi connectivity index (χ0n) is 11.3. The Kier molecular flexibility index (Phi) is 5.74. The van der Waals surface area contributed by atoms with Crippen LogP contribution in [0.4, 0.5) is 0 Å². The lowest BCUT2D eigenvalue weighted by Crippen LogP contribution is -2.25. The smallest absolute Gasteiger partial charge is 0.200 e. The van der Waals surface area contributed by atoms with E-state index in [0.29, 0.717) is 18.0 Å². The van der Waals surface area contributed by atoms with E-state index >= 15 is 0 Å². The molecule has 1 aromatic carbocycles. The Balaban J connectivity index is 2.71. The molecule has 0 amide bonds. The Hall–Kier alpha value is -1.46. The molecule has 0 saturated carbocycles. The van der Waals surface area contributed by atoms with Gasteiger partial charge >= 0.3 is 0 Å². The van der Waals surface area contributed by atoms with Gasteiger partial charge in [-0.3, -0.25) is 0 Å². The lowest BCUT2D eigenvalue weighted by atomic mass is 10.1. The Labute approximate surface area is 108 Å². The number of phenolic OH excluding ortho intramolecular Hbond substituents is 1. The average Bonchev–Trinajstić information content (AvgIpc) is 2.39. The molecule has 0 saturated heterocycles. The molecule has 0 fully saturated rings. The van der Waals surface area contributed by atoms with Gasteiger partial charge in [-0.1, -0.05) is 0 Å². The highest BCUT2D eigenvalue weighted by Crippen LogP contribution is 2.36. The van der Waals surface area contributed by atoms with Gasteiger partial charge in [0.2, 0.25) is 5.75 Å². The molecule has 0 aliphatic carbocycles. The summed E-state index contributed by atoms with van der Waals surface area (Å²) in [7, 11) is 4.70. The molecule has 0 spiro atoms. The van der Waals surface area contributed by atoms with Crippen molar-refractivity contribution in [2.75, 3.05) is 27.9 Å². The van der Waals surface area contributed by atoms with Crippen LogP contribution in [-0.2, 0) is 11.3 Å². The molecular formula is C13H21NO4. The number of hydrogen-bond donors (Lipinski definition) is 2. The first-order chi connectivity index (χ1) is 8.62. The SMILES string of the molecule is COc1cc(CNCC(C)OC)cc(OC)c1O. The summed E-state index contributed by atoms with van der Waals surface area (Å²) in [5.74, 6) is 0.839. The van der Waals surface area contributed by atoms with Crippen LogP contribution in [0.3, 0.4) is 0 Å². The first-order valence-corrected chi connectivity index (χ1v) is 5.79. The normalized spacial score (nSPS) is 12.2. The number of aromatic hydroxyl groups is 1. The molecule has 18 heavy (non-hydrogen) atoms. The van der Waals surface area contributed by atoms with E-state index in [9.17, 15) is 5.11 Å². The second-order valence-corrected chi connectivity index (χ2v) is 4.03. The molecule has 1 rings (SSSR count). The van der Waals surface area contributed by atoms with Gasteiger partial charge in [0.15, 0.2) is 11.5 Å². The van der Waals surface area contributed by atoms with E-state index in [1.165, 1.54) is 14.2 Å². The van der Waals surface area contributed by atoms with Gasteiger partial charge in [0.05, 0.1) is 20.3 Å². The number of benzene rings is 1. The number of ether oxygens (including phenoxy) is 3. The van der Waals surface area contributed by atoms with Crippen molar-refractivity contribution in [1.29, 1.82) is 0 Å². The number of nitrogens with one attached hydrogen (secondary N) is 1. The lowest BCUT2D eigenvalue weighted by Gasteiger charge is -2.13. The Morgan fingerprint density at radius 1 is 1.17 bits per heavy atom. The maximum absolute atomic E-state index is 9.77. The lowest BCUT2D eigenvalue weighted by molar-refractivity contribution is 0.117. The van der Waals surface area contributed by atoms with Crippen molar-refractivity contribution in [1.82, 2.24) is 5.32 Å². The topological polar surface area (TPSA) is 60.0 Å². The van der Waals surface area contributed by atoms with Gasteiger partial charge < -0.3 is 24.6 Å². The van der Waals surface area contributed by atoms with E-state index in [1.807, 2.05) is 6.92 Å². The Morgan fingerprint density at radius 2 is 1.72 bits per heavy atom. The molecule has 0 aliphatic heterocycles. The van der Waals surface area contributed by atoms with E-state index in [1.54, 1.807) is 19.2 Å². The van der Waals surface area contributed by atoms with Crippen LogP contribution in [0.15, 0.2) is 12.1 Å². The van der Waals surface area contributed by atoms with Crippen molar-refractivity contribution in [3.63, 3.8) is 0 Å². The van der Waals surface area contributed by atoms with Gasteiger partial charge in [0, 0.05) is 20.2 Å². The van der Waals surface area contributed by atoms with Crippen LogP contribution in [0.1, 0.15) is 12.5 Å². The molecule has 1 unspecified atom stereocenters. The molecule has 0 radical (unpaired) electrons. The Morgan fingerprint density at radius 3 is 2.17 bits per heavy atom. The largest absolute Gasteiger partial charge is 0.502 e. The van der Waals surface area contributed by atoms with Crippen LogP contribution < -0.4 is 14.8 Å². The number of hydrogen-bond acceptors (Lipinski definition) is 5. The quantitative estimate of drug-likeness (QED) is 0.774. The summed E-state index contributed by atoms with van der Waals surface area (Å²) in [5.41, 5.74) is 0.977. The standard InChI is InChI=1S/C13H21NO4/c1-9(16-2)7-14-8-10-5-11(17-3)13(15)12(6-10)18-4/h5-6,9,14-15H,7-8H2,1-4H3. The summed E-state index contributed by atoms with van der Waals surface area (Å²) >= 11 is 0. The molecule has 0 aliphatic rings. The fourth-order valence-electron chi connectivity index (χ4n) is 1.55. The zero-order valence-corrected chi connectivity index (χ0v) is 11.3. The number of rotatable bonds is 7. The van der Waals surface area contributed by atoms with Crippen LogP contribution in [-0.4, -0.2) is 39.1 Å². The monoisotopic (exact) mass is 255 g/mol. The van der Waals surface area contributed by atoms with Crippen LogP contribution >= 0.6 is 0 Å². The van der Waals surface area contributed by atoms with Gasteiger partial charge in [-0.05, 0) is 24.6 Å². The van der Waals surface area contributed by atoms with Crippen molar-refractivity contribution < 1.29 is 19.3 Å². The van der Waals surface area contributed by atoms with Crippen molar-refractivity contribution in [3.05, 3.63) is 17.7 Å². The highest BCUT2D eigenvalue weighted by atomic mass is 16.5. The third-order valence-electron chi connectivity index (χ3n) is 2.70. The summed E-state index contributed by atoms with van der Waals surface area (Å²) in [6.45, 7) is 3.40. The van der Waals surface area contributed by atoms with Gasteiger partial charge in [0.1, 0.15) is 0 Å². The number of phenols is 1. The predicted octanol–water partition coefficient (Wildman–Crippen LogP) is 1.53. The van der Waals surface area contributed by atoms with E-state index in [4.69, 9.17) is 14.2 Å². The summed E-state index contributed by atoms with van der Waals surface area (Å²) in [4.78, 5) is 0. The van der Waals surface area contributed by atoms with Crippen LogP contribution in [0.5, 0.6) is 17.2 Å². The highest BCUT2D eigenvalue weighted by Gasteiger charge is 2.11. The second-order valence-electron chi connectivity index (χ2n) is 4.03. The minimum absolute atomic E-state index is 0.0222. The summed E-state index contributed by atoms with van der Waals surface area (Å²) in [6.07, 6.45) is 0.158. The fourth-order valence-corrected chi connectivity index (χ4v) is 1.55. The maximum atomic E-state index is 9.77.